The lowest BCUT2D eigenvalue weighted by molar-refractivity contribution is 0.550. The van der Waals surface area contributed by atoms with Crippen LogP contribution in [-0.4, -0.2) is 35.3 Å². The zero-order valence-corrected chi connectivity index (χ0v) is 16.3. The minimum Gasteiger partial charge on any atom is -0.351 e. The second kappa shape index (κ2) is 7.92. The molecule has 1 atom stereocenters. The quantitative estimate of drug-likeness (QED) is 0.729. The Morgan fingerprint density at radius 1 is 1.29 bits per heavy atom. The van der Waals surface area contributed by atoms with Crippen LogP contribution in [0.5, 0.6) is 0 Å². The van der Waals surface area contributed by atoms with Crippen molar-refractivity contribution >= 4 is 5.95 Å². The molecule has 8 nitrogen and oxygen atoms in total. The van der Waals surface area contributed by atoms with Gasteiger partial charge in [0.25, 0.3) is 0 Å². The maximum Gasteiger partial charge on any atom is 0.346 e. The summed E-state index contributed by atoms with van der Waals surface area (Å²) in [4.78, 5) is 25.9. The fourth-order valence-corrected chi connectivity index (χ4v) is 3.63. The molecule has 0 spiro atoms. The summed E-state index contributed by atoms with van der Waals surface area (Å²) >= 11 is 0. The van der Waals surface area contributed by atoms with Crippen molar-refractivity contribution in [2.75, 3.05) is 5.32 Å². The van der Waals surface area contributed by atoms with Crippen LogP contribution in [-0.2, 0) is 25.9 Å². The van der Waals surface area contributed by atoms with Crippen molar-refractivity contribution < 1.29 is 0 Å². The zero-order valence-electron chi connectivity index (χ0n) is 16.3. The number of rotatable bonds is 5. The van der Waals surface area contributed by atoms with E-state index in [0.29, 0.717) is 19.0 Å². The summed E-state index contributed by atoms with van der Waals surface area (Å²) in [5.74, 6) is 1.51. The molecule has 0 fully saturated rings. The third-order valence-electron chi connectivity index (χ3n) is 5.22. The van der Waals surface area contributed by atoms with Crippen LogP contribution in [0.3, 0.4) is 0 Å². The molecule has 3 aromatic rings. The Bertz CT molecular complexity index is 1010. The minimum absolute atomic E-state index is 0.0561. The van der Waals surface area contributed by atoms with E-state index in [9.17, 15) is 4.79 Å². The van der Waals surface area contributed by atoms with Gasteiger partial charge in [0.1, 0.15) is 5.82 Å². The predicted octanol–water partition coefficient (Wildman–Crippen LogP) is 1.97. The van der Waals surface area contributed by atoms with Gasteiger partial charge in [0, 0.05) is 43.3 Å². The van der Waals surface area contributed by atoms with E-state index < -0.39 is 0 Å². The van der Waals surface area contributed by atoms with Crippen LogP contribution in [0.15, 0.2) is 35.5 Å². The van der Waals surface area contributed by atoms with E-state index in [-0.39, 0.29) is 11.7 Å². The highest BCUT2D eigenvalue weighted by Crippen LogP contribution is 2.16. The van der Waals surface area contributed by atoms with Gasteiger partial charge in [-0.05, 0) is 43.4 Å². The highest BCUT2D eigenvalue weighted by molar-refractivity contribution is 5.30. The summed E-state index contributed by atoms with van der Waals surface area (Å²) in [7, 11) is 0. The average Bonchev–Trinajstić information content (AvgIpc) is 2.87. The first-order chi connectivity index (χ1) is 13.6. The SMILES string of the molecule is CCc1nc(NC2CCc3nn(Cc4cccnc4)c(=O)n3CC2)ncc1C. The Morgan fingerprint density at radius 3 is 2.96 bits per heavy atom. The summed E-state index contributed by atoms with van der Waals surface area (Å²) in [6.45, 7) is 5.22. The molecule has 146 valence electrons. The Balaban J connectivity index is 1.45. The molecular formula is C20H25N7O. The van der Waals surface area contributed by atoms with Crippen molar-refractivity contribution in [2.45, 2.75) is 58.7 Å². The Labute approximate surface area is 163 Å². The van der Waals surface area contributed by atoms with Crippen LogP contribution in [0.2, 0.25) is 0 Å². The molecule has 0 aliphatic carbocycles. The lowest BCUT2D eigenvalue weighted by Gasteiger charge is -2.16. The topological polar surface area (TPSA) is 90.5 Å². The number of anilines is 1. The van der Waals surface area contributed by atoms with Crippen LogP contribution in [0.4, 0.5) is 5.95 Å². The van der Waals surface area contributed by atoms with Gasteiger partial charge in [0.15, 0.2) is 0 Å². The van der Waals surface area contributed by atoms with Crippen molar-refractivity contribution in [3.05, 3.63) is 63.9 Å². The third-order valence-corrected chi connectivity index (χ3v) is 5.22. The Hall–Kier alpha value is -3.03. The summed E-state index contributed by atoms with van der Waals surface area (Å²) < 4.78 is 3.34. The molecule has 0 saturated carbocycles. The normalized spacial score (nSPS) is 16.4. The van der Waals surface area contributed by atoms with E-state index in [1.165, 1.54) is 4.68 Å². The number of hydrogen-bond acceptors (Lipinski definition) is 6. The molecular weight excluding hydrogens is 354 g/mol. The maximum atomic E-state index is 12.8. The van der Waals surface area contributed by atoms with Crippen molar-refractivity contribution in [2.24, 2.45) is 0 Å². The molecule has 0 bridgehead atoms. The van der Waals surface area contributed by atoms with Gasteiger partial charge in [-0.3, -0.25) is 9.55 Å². The van der Waals surface area contributed by atoms with Crippen molar-refractivity contribution in [1.29, 1.82) is 0 Å². The van der Waals surface area contributed by atoms with E-state index in [1.807, 2.05) is 25.3 Å². The van der Waals surface area contributed by atoms with E-state index in [0.717, 1.165) is 48.3 Å². The van der Waals surface area contributed by atoms with Crippen LogP contribution < -0.4 is 11.0 Å². The molecule has 3 aromatic heterocycles. The Kier molecular flexibility index (Phi) is 5.18. The molecule has 1 aliphatic rings. The molecule has 0 radical (unpaired) electrons. The molecule has 4 rings (SSSR count). The van der Waals surface area contributed by atoms with Gasteiger partial charge < -0.3 is 5.32 Å². The second-order valence-electron chi connectivity index (χ2n) is 7.21. The monoisotopic (exact) mass is 379 g/mol. The van der Waals surface area contributed by atoms with E-state index >= 15 is 0 Å². The maximum absolute atomic E-state index is 12.8. The number of hydrogen-bond donors (Lipinski definition) is 1. The highest BCUT2D eigenvalue weighted by atomic mass is 16.2. The largest absolute Gasteiger partial charge is 0.351 e. The summed E-state index contributed by atoms with van der Waals surface area (Å²) in [6.07, 6.45) is 8.73. The molecule has 8 heteroatoms. The van der Waals surface area contributed by atoms with Gasteiger partial charge in [-0.2, -0.15) is 5.10 Å². The number of pyridine rings is 1. The third kappa shape index (κ3) is 3.81. The molecule has 1 N–H and O–H groups in total. The zero-order chi connectivity index (χ0) is 19.5. The van der Waals surface area contributed by atoms with E-state index in [4.69, 9.17) is 0 Å². The summed E-state index contributed by atoms with van der Waals surface area (Å²) in [6, 6.07) is 4.05. The minimum atomic E-state index is -0.0561. The average molecular weight is 379 g/mol. The fraction of sp³-hybridized carbons (Fsp3) is 0.450. The van der Waals surface area contributed by atoms with Gasteiger partial charge >= 0.3 is 5.69 Å². The molecule has 0 amide bonds. The molecule has 1 aliphatic heterocycles. The Morgan fingerprint density at radius 2 is 2.18 bits per heavy atom. The smallest absolute Gasteiger partial charge is 0.346 e. The van der Waals surface area contributed by atoms with Crippen molar-refractivity contribution in [3.63, 3.8) is 0 Å². The first-order valence-corrected chi connectivity index (χ1v) is 9.78. The summed E-state index contributed by atoms with van der Waals surface area (Å²) in [5.41, 5.74) is 3.10. The second-order valence-corrected chi connectivity index (χ2v) is 7.21. The van der Waals surface area contributed by atoms with E-state index in [2.05, 4.69) is 32.3 Å². The highest BCUT2D eigenvalue weighted by Gasteiger charge is 2.21. The number of aryl methyl sites for hydroxylation is 3. The van der Waals surface area contributed by atoms with Gasteiger partial charge in [0.05, 0.1) is 6.54 Å². The van der Waals surface area contributed by atoms with Gasteiger partial charge in [-0.25, -0.2) is 19.4 Å². The number of nitrogens with zero attached hydrogens (tertiary/aromatic N) is 6. The van der Waals surface area contributed by atoms with Crippen molar-refractivity contribution in [3.8, 4) is 0 Å². The van der Waals surface area contributed by atoms with Gasteiger partial charge in [0.2, 0.25) is 5.95 Å². The van der Waals surface area contributed by atoms with Crippen LogP contribution in [0, 0.1) is 6.92 Å². The fourth-order valence-electron chi connectivity index (χ4n) is 3.63. The van der Waals surface area contributed by atoms with Crippen LogP contribution in [0.25, 0.3) is 0 Å². The molecule has 28 heavy (non-hydrogen) atoms. The van der Waals surface area contributed by atoms with Crippen LogP contribution in [0.1, 0.15) is 42.4 Å². The van der Waals surface area contributed by atoms with Crippen LogP contribution >= 0.6 is 0 Å². The van der Waals surface area contributed by atoms with E-state index in [1.54, 1.807) is 17.0 Å². The molecule has 4 heterocycles. The molecule has 0 saturated heterocycles. The molecule has 1 unspecified atom stereocenters. The van der Waals surface area contributed by atoms with Gasteiger partial charge in [-0.1, -0.05) is 13.0 Å². The number of aromatic nitrogens is 6. The first-order valence-electron chi connectivity index (χ1n) is 9.78. The standard InChI is InChI=1S/C20H25N7O/c1-3-17-14(2)11-22-19(24-17)23-16-6-7-18-25-27(20(28)26(18)10-8-16)13-15-5-4-9-21-12-15/h4-5,9,11-12,16H,3,6-8,10,13H2,1-2H3,(H,22,23,24). The lowest BCUT2D eigenvalue weighted by Crippen LogP contribution is -2.27. The first kappa shape index (κ1) is 18.3. The number of fused-ring (bicyclic) bond motifs is 1. The predicted molar refractivity (Wildman–Crippen MR) is 106 cm³/mol. The van der Waals surface area contributed by atoms with Crippen molar-refractivity contribution in [1.82, 2.24) is 29.3 Å². The molecule has 0 aromatic carbocycles. The van der Waals surface area contributed by atoms with Gasteiger partial charge in [-0.15, -0.1) is 0 Å². The number of nitrogens with one attached hydrogen (secondary N) is 1. The lowest BCUT2D eigenvalue weighted by atomic mass is 10.1. The summed E-state index contributed by atoms with van der Waals surface area (Å²) in [5, 5.41) is 8.01.